The van der Waals surface area contributed by atoms with Gasteiger partial charge in [-0.2, -0.15) is 0 Å². The first-order valence-electron chi connectivity index (χ1n) is 15.1. The first kappa shape index (κ1) is 36.4. The number of ether oxygens (including phenoxy) is 5. The molecule has 5 N–H and O–H groups in total. The predicted octanol–water partition coefficient (Wildman–Crippen LogP) is 5.71. The van der Waals surface area contributed by atoms with Gasteiger partial charge in [0.2, 0.25) is 0 Å². The van der Waals surface area contributed by atoms with Crippen molar-refractivity contribution in [2.75, 3.05) is 27.4 Å². The molecule has 0 aliphatic carbocycles. The second kappa shape index (κ2) is 17.7. The van der Waals surface area contributed by atoms with Gasteiger partial charge in [-0.1, -0.05) is 30.3 Å². The van der Waals surface area contributed by atoms with E-state index in [9.17, 15) is 35.1 Å². The van der Waals surface area contributed by atoms with Gasteiger partial charge in [0, 0.05) is 11.6 Å². The molecule has 0 aliphatic heterocycles. The van der Waals surface area contributed by atoms with Crippen LogP contribution in [0.4, 0.5) is 0 Å². The highest BCUT2D eigenvalue weighted by molar-refractivity contribution is 5.89. The minimum atomic E-state index is -1.39. The van der Waals surface area contributed by atoms with Gasteiger partial charge in [0.15, 0.2) is 29.1 Å². The van der Waals surface area contributed by atoms with E-state index in [1.54, 1.807) is 48.6 Å². The molecule has 0 amide bonds. The minimum Gasteiger partial charge on any atom is -0.508 e. The summed E-state index contributed by atoms with van der Waals surface area (Å²) in [6, 6.07) is 21.0. The molecular formula is C38H36O12. The molecule has 0 unspecified atom stereocenters. The molecule has 12 heteroatoms. The van der Waals surface area contributed by atoms with Gasteiger partial charge in [-0.05, 0) is 89.5 Å². The van der Waals surface area contributed by atoms with E-state index in [4.69, 9.17) is 23.7 Å². The molecule has 0 fully saturated rings. The summed E-state index contributed by atoms with van der Waals surface area (Å²) in [6.07, 6.45) is 4.43. The van der Waals surface area contributed by atoms with Crippen LogP contribution in [0.25, 0.3) is 17.9 Å². The van der Waals surface area contributed by atoms with Gasteiger partial charge in [0.05, 0.1) is 20.3 Å². The highest BCUT2D eigenvalue weighted by Crippen LogP contribution is 2.34. The van der Waals surface area contributed by atoms with Crippen molar-refractivity contribution in [3.8, 4) is 34.5 Å². The van der Waals surface area contributed by atoms with Crippen LogP contribution in [0, 0.1) is 0 Å². The Kier molecular flexibility index (Phi) is 12.9. The van der Waals surface area contributed by atoms with Crippen molar-refractivity contribution in [2.24, 2.45) is 0 Å². The number of aromatic hydroxyl groups is 3. The maximum atomic E-state index is 12.6. The zero-order valence-corrected chi connectivity index (χ0v) is 27.1. The van der Waals surface area contributed by atoms with Crippen molar-refractivity contribution < 1.29 is 58.8 Å². The lowest BCUT2D eigenvalue weighted by Gasteiger charge is -2.25. The second-order valence-electron chi connectivity index (χ2n) is 10.6. The minimum absolute atomic E-state index is 0.00815. The van der Waals surface area contributed by atoms with Crippen LogP contribution in [0.5, 0.6) is 34.5 Å². The molecule has 0 aromatic heterocycles. The number of phenols is 3. The third-order valence-corrected chi connectivity index (χ3v) is 7.11. The van der Waals surface area contributed by atoms with E-state index in [-0.39, 0.29) is 52.2 Å². The Balaban J connectivity index is 1.45. The van der Waals surface area contributed by atoms with Crippen molar-refractivity contribution in [3.05, 3.63) is 125 Å². The number of aliphatic hydroxyl groups excluding tert-OH is 2. The molecule has 2 atom stereocenters. The van der Waals surface area contributed by atoms with Gasteiger partial charge in [-0.25, -0.2) is 9.59 Å². The number of rotatable bonds is 15. The number of esters is 2. The van der Waals surface area contributed by atoms with Crippen LogP contribution >= 0.6 is 0 Å². The predicted molar refractivity (Wildman–Crippen MR) is 184 cm³/mol. The number of hydrogen-bond donors (Lipinski definition) is 5. The average molecular weight is 685 g/mol. The highest BCUT2D eigenvalue weighted by atomic mass is 16.6. The quantitative estimate of drug-likeness (QED) is 0.0585. The largest absolute Gasteiger partial charge is 0.508 e. The van der Waals surface area contributed by atoms with Crippen molar-refractivity contribution in [2.45, 2.75) is 12.2 Å². The fraction of sp³-hybridized carbons (Fsp3) is 0.158. The molecule has 0 spiro atoms. The van der Waals surface area contributed by atoms with Crippen molar-refractivity contribution in [1.82, 2.24) is 0 Å². The normalized spacial score (nSPS) is 12.7. The van der Waals surface area contributed by atoms with E-state index in [0.29, 0.717) is 5.56 Å². The summed E-state index contributed by atoms with van der Waals surface area (Å²) in [5, 5.41) is 50.5. The second-order valence-corrected chi connectivity index (χ2v) is 10.6. The van der Waals surface area contributed by atoms with Gasteiger partial charge >= 0.3 is 11.9 Å². The zero-order chi connectivity index (χ0) is 36.0. The van der Waals surface area contributed by atoms with Gasteiger partial charge in [0.1, 0.15) is 36.6 Å². The van der Waals surface area contributed by atoms with Crippen molar-refractivity contribution >= 4 is 29.8 Å². The SMILES string of the molecule is COc1cc([C@H](O)[C@H](COC(=O)/C=C(/O)c2ccc(O)cc2)Oc2ccc(/C=C/COC(=O)/C=C/c3ccc(O)cc3)cc2OC)ccc1O. The van der Waals surface area contributed by atoms with Crippen molar-refractivity contribution in [3.63, 3.8) is 0 Å². The Bertz CT molecular complexity index is 1840. The van der Waals surface area contributed by atoms with Crippen LogP contribution in [0.2, 0.25) is 0 Å². The van der Waals surface area contributed by atoms with E-state index in [1.165, 1.54) is 74.9 Å². The summed E-state index contributed by atoms with van der Waals surface area (Å²) in [7, 11) is 2.78. The molecule has 50 heavy (non-hydrogen) atoms. The fourth-order valence-corrected chi connectivity index (χ4v) is 4.48. The first-order chi connectivity index (χ1) is 24.1. The van der Waals surface area contributed by atoms with Crippen LogP contribution in [-0.4, -0.2) is 71.0 Å². The number of hydrogen-bond acceptors (Lipinski definition) is 12. The Morgan fingerprint density at radius 1 is 0.720 bits per heavy atom. The molecule has 0 aliphatic rings. The molecule has 0 radical (unpaired) electrons. The molecule has 0 heterocycles. The summed E-state index contributed by atoms with van der Waals surface area (Å²) in [5.41, 5.74) is 1.95. The summed E-state index contributed by atoms with van der Waals surface area (Å²) in [5.74, 6) is -1.34. The third-order valence-electron chi connectivity index (χ3n) is 7.11. The molecule has 0 saturated carbocycles. The van der Waals surface area contributed by atoms with Crippen LogP contribution in [0.1, 0.15) is 28.4 Å². The molecule has 4 aromatic rings. The van der Waals surface area contributed by atoms with Gasteiger partial charge < -0.3 is 49.2 Å². The lowest BCUT2D eigenvalue weighted by atomic mass is 10.0. The molecule has 4 rings (SSSR count). The molecule has 260 valence electrons. The zero-order valence-electron chi connectivity index (χ0n) is 27.1. The van der Waals surface area contributed by atoms with Crippen LogP contribution < -0.4 is 14.2 Å². The highest BCUT2D eigenvalue weighted by Gasteiger charge is 2.27. The number of methoxy groups -OCH3 is 2. The maximum absolute atomic E-state index is 12.6. The number of carbonyl (C=O) groups excluding carboxylic acids is 2. The van der Waals surface area contributed by atoms with E-state index in [0.717, 1.165) is 11.6 Å². The summed E-state index contributed by atoms with van der Waals surface area (Å²) < 4.78 is 27.3. The fourth-order valence-electron chi connectivity index (χ4n) is 4.48. The average Bonchev–Trinajstić information content (AvgIpc) is 3.12. The molecular weight excluding hydrogens is 648 g/mol. The van der Waals surface area contributed by atoms with Crippen LogP contribution in [-0.2, 0) is 19.1 Å². The molecule has 12 nitrogen and oxygen atoms in total. The number of benzene rings is 4. The van der Waals surface area contributed by atoms with E-state index in [2.05, 4.69) is 0 Å². The molecule has 0 bridgehead atoms. The summed E-state index contributed by atoms with van der Waals surface area (Å²) >= 11 is 0. The van der Waals surface area contributed by atoms with E-state index in [1.807, 2.05) is 0 Å². The number of phenolic OH excluding ortho intramolecular Hbond substituents is 3. The van der Waals surface area contributed by atoms with Crippen LogP contribution in [0.15, 0.2) is 103 Å². The van der Waals surface area contributed by atoms with Gasteiger partial charge in [-0.3, -0.25) is 0 Å². The first-order valence-corrected chi connectivity index (χ1v) is 15.1. The van der Waals surface area contributed by atoms with E-state index >= 15 is 0 Å². The smallest absolute Gasteiger partial charge is 0.334 e. The molecule has 4 aromatic carbocycles. The Labute approximate surface area is 288 Å². The Hall–Kier alpha value is -6.40. The van der Waals surface area contributed by atoms with Crippen molar-refractivity contribution in [1.29, 1.82) is 0 Å². The Morgan fingerprint density at radius 3 is 2.06 bits per heavy atom. The third kappa shape index (κ3) is 10.6. The maximum Gasteiger partial charge on any atom is 0.334 e. The van der Waals surface area contributed by atoms with Crippen LogP contribution in [0.3, 0.4) is 0 Å². The lowest BCUT2D eigenvalue weighted by molar-refractivity contribution is -0.142. The standard InChI is InChI=1S/C38H36O12/c1-46-33-21-27(11-16-30(33)41)38(45)35(23-49-37(44)22-31(42)26-9-14-29(40)15-10-26)50-32-17-7-25(20-34(32)47-2)4-3-19-48-36(43)18-8-24-5-12-28(39)13-6-24/h3-18,20-22,35,38-42,45H,19,23H2,1-2H3/b4-3+,18-8+,31-22+/t35-,38-/m0/s1. The van der Waals surface area contributed by atoms with E-state index < -0.39 is 36.5 Å². The number of carbonyl (C=O) groups is 2. The van der Waals surface area contributed by atoms with Gasteiger partial charge in [-0.15, -0.1) is 0 Å². The number of aliphatic hydroxyl groups is 2. The monoisotopic (exact) mass is 684 g/mol. The van der Waals surface area contributed by atoms with Gasteiger partial charge in [0.25, 0.3) is 0 Å². The lowest BCUT2D eigenvalue weighted by Crippen LogP contribution is -2.31. The topological polar surface area (TPSA) is 181 Å². The summed E-state index contributed by atoms with van der Waals surface area (Å²) in [4.78, 5) is 24.7. The Morgan fingerprint density at radius 2 is 1.38 bits per heavy atom. The summed E-state index contributed by atoms with van der Waals surface area (Å²) in [6.45, 7) is -0.480. The molecule has 0 saturated heterocycles.